The molecule has 1 aromatic carbocycles. The number of methoxy groups -OCH3 is 1. The summed E-state index contributed by atoms with van der Waals surface area (Å²) in [5, 5.41) is 0. The Hall–Kier alpha value is -1.46. The lowest BCUT2D eigenvalue weighted by atomic mass is 10.1. The normalized spacial score (nSPS) is 10.7. The molecule has 0 radical (unpaired) electrons. The van der Waals surface area contributed by atoms with Gasteiger partial charge in [-0.25, -0.2) is 4.98 Å². The van der Waals surface area contributed by atoms with E-state index in [2.05, 4.69) is 25.9 Å². The highest BCUT2D eigenvalue weighted by Gasteiger charge is 2.10. The first-order valence-electron chi connectivity index (χ1n) is 5.88. The van der Waals surface area contributed by atoms with Crippen molar-refractivity contribution in [2.24, 2.45) is 0 Å². The van der Waals surface area contributed by atoms with Gasteiger partial charge in [0.1, 0.15) is 10.3 Å². The molecule has 5 heteroatoms. The van der Waals surface area contributed by atoms with Crippen LogP contribution in [0.25, 0.3) is 11.4 Å². The van der Waals surface area contributed by atoms with Gasteiger partial charge in [0.05, 0.1) is 12.3 Å². The minimum atomic E-state index is -0.199. The highest BCUT2D eigenvalue weighted by atomic mass is 79.9. The fraction of sp³-hybridized carbons (Fsp3) is 0.286. The second-order valence-corrected chi connectivity index (χ2v) is 5.20. The average molecular weight is 323 g/mol. The topological polar surface area (TPSA) is 55.0 Å². The third-order valence-electron chi connectivity index (χ3n) is 2.99. The van der Waals surface area contributed by atoms with Gasteiger partial charge in [-0.1, -0.05) is 12.1 Å². The number of aromatic amines is 1. The first-order chi connectivity index (χ1) is 9.02. The molecule has 0 fully saturated rings. The maximum absolute atomic E-state index is 11.9. The number of aryl methyl sites for hydroxylation is 2. The summed E-state index contributed by atoms with van der Waals surface area (Å²) >= 11 is 3.23. The van der Waals surface area contributed by atoms with E-state index in [0.29, 0.717) is 22.6 Å². The minimum absolute atomic E-state index is 0.199. The summed E-state index contributed by atoms with van der Waals surface area (Å²) in [5.74, 6) is 0.559. The Morgan fingerprint density at radius 1 is 1.32 bits per heavy atom. The van der Waals surface area contributed by atoms with Crippen molar-refractivity contribution in [2.45, 2.75) is 20.5 Å². The van der Waals surface area contributed by atoms with Crippen molar-refractivity contribution in [3.63, 3.8) is 0 Å². The number of nitrogens with one attached hydrogen (secondary N) is 1. The molecule has 1 heterocycles. The van der Waals surface area contributed by atoms with E-state index in [1.807, 2.05) is 32.0 Å². The molecule has 0 spiro atoms. The Balaban J connectivity index is 2.56. The zero-order valence-corrected chi connectivity index (χ0v) is 12.7. The van der Waals surface area contributed by atoms with Gasteiger partial charge in [0.15, 0.2) is 0 Å². The summed E-state index contributed by atoms with van der Waals surface area (Å²) in [5.41, 5.74) is 3.66. The predicted molar refractivity (Wildman–Crippen MR) is 78.2 cm³/mol. The number of aromatic nitrogens is 2. The van der Waals surface area contributed by atoms with E-state index in [0.717, 1.165) is 11.1 Å². The van der Waals surface area contributed by atoms with Crippen LogP contribution in [0.5, 0.6) is 0 Å². The largest absolute Gasteiger partial charge is 0.378 e. The molecule has 0 bridgehead atoms. The zero-order valence-electron chi connectivity index (χ0n) is 11.1. The standard InChI is InChI=1S/C14H15BrN2O2/c1-8-4-5-10(6-9(8)2)13-16-11(7-19-3)12(15)14(18)17-13/h4-6H,7H2,1-3H3,(H,16,17,18). The first kappa shape index (κ1) is 14.0. The lowest BCUT2D eigenvalue weighted by molar-refractivity contribution is 0.180. The Bertz CT molecular complexity index is 665. The van der Waals surface area contributed by atoms with Crippen molar-refractivity contribution >= 4 is 15.9 Å². The monoisotopic (exact) mass is 322 g/mol. The predicted octanol–water partition coefficient (Wildman–Crippen LogP) is 2.96. The second-order valence-electron chi connectivity index (χ2n) is 4.41. The number of halogens is 1. The van der Waals surface area contributed by atoms with Gasteiger partial charge < -0.3 is 9.72 Å². The van der Waals surface area contributed by atoms with E-state index in [4.69, 9.17) is 4.74 Å². The van der Waals surface area contributed by atoms with Gasteiger partial charge in [-0.05, 0) is 47.0 Å². The van der Waals surface area contributed by atoms with E-state index >= 15 is 0 Å². The van der Waals surface area contributed by atoms with Crippen LogP contribution in [0.15, 0.2) is 27.5 Å². The SMILES string of the molecule is COCc1nc(-c2ccc(C)c(C)c2)[nH]c(=O)c1Br. The molecule has 0 aliphatic heterocycles. The van der Waals surface area contributed by atoms with E-state index in [1.165, 1.54) is 5.56 Å². The van der Waals surface area contributed by atoms with Crippen LogP contribution in [0, 0.1) is 13.8 Å². The van der Waals surface area contributed by atoms with Crippen molar-refractivity contribution in [1.82, 2.24) is 9.97 Å². The molecule has 1 aromatic heterocycles. The number of H-pyrrole nitrogens is 1. The highest BCUT2D eigenvalue weighted by Crippen LogP contribution is 2.20. The molecular formula is C14H15BrN2O2. The maximum atomic E-state index is 11.9. The Morgan fingerprint density at radius 2 is 2.05 bits per heavy atom. The maximum Gasteiger partial charge on any atom is 0.265 e. The zero-order chi connectivity index (χ0) is 14.0. The van der Waals surface area contributed by atoms with Gasteiger partial charge in [0, 0.05) is 12.7 Å². The van der Waals surface area contributed by atoms with Crippen LogP contribution in [0.3, 0.4) is 0 Å². The molecule has 100 valence electrons. The van der Waals surface area contributed by atoms with Gasteiger partial charge in [0.25, 0.3) is 5.56 Å². The Kier molecular flexibility index (Phi) is 4.17. The van der Waals surface area contributed by atoms with Gasteiger partial charge >= 0.3 is 0 Å². The number of hydrogen-bond donors (Lipinski definition) is 1. The van der Waals surface area contributed by atoms with Crippen molar-refractivity contribution < 1.29 is 4.74 Å². The third kappa shape index (κ3) is 2.93. The molecule has 0 aliphatic carbocycles. The van der Waals surface area contributed by atoms with E-state index in [1.54, 1.807) is 7.11 Å². The number of rotatable bonds is 3. The van der Waals surface area contributed by atoms with Crippen LogP contribution in [-0.2, 0) is 11.3 Å². The fourth-order valence-corrected chi connectivity index (χ4v) is 2.07. The number of nitrogens with zero attached hydrogens (tertiary/aromatic N) is 1. The summed E-state index contributed by atoms with van der Waals surface area (Å²) in [7, 11) is 1.57. The molecule has 1 N–H and O–H groups in total. The lowest BCUT2D eigenvalue weighted by Gasteiger charge is -2.08. The van der Waals surface area contributed by atoms with Crippen LogP contribution in [0.4, 0.5) is 0 Å². The van der Waals surface area contributed by atoms with Crippen LogP contribution < -0.4 is 5.56 Å². The first-order valence-corrected chi connectivity index (χ1v) is 6.67. The van der Waals surface area contributed by atoms with Gasteiger partial charge in [-0.3, -0.25) is 4.79 Å². The molecule has 2 rings (SSSR count). The van der Waals surface area contributed by atoms with Crippen LogP contribution in [0.1, 0.15) is 16.8 Å². The molecule has 0 amide bonds. The van der Waals surface area contributed by atoms with Crippen LogP contribution in [-0.4, -0.2) is 17.1 Å². The number of hydrogen-bond acceptors (Lipinski definition) is 3. The molecule has 0 unspecified atom stereocenters. The van der Waals surface area contributed by atoms with Crippen molar-refractivity contribution in [3.05, 3.63) is 49.8 Å². The van der Waals surface area contributed by atoms with Crippen molar-refractivity contribution in [1.29, 1.82) is 0 Å². The molecule has 4 nitrogen and oxygen atoms in total. The van der Waals surface area contributed by atoms with E-state index in [-0.39, 0.29) is 5.56 Å². The molecule has 0 atom stereocenters. The lowest BCUT2D eigenvalue weighted by Crippen LogP contribution is -2.14. The number of benzene rings is 1. The molecule has 19 heavy (non-hydrogen) atoms. The highest BCUT2D eigenvalue weighted by molar-refractivity contribution is 9.10. The van der Waals surface area contributed by atoms with E-state index in [9.17, 15) is 4.79 Å². The Labute approximate surface area is 120 Å². The van der Waals surface area contributed by atoms with Gasteiger partial charge in [-0.2, -0.15) is 0 Å². The van der Waals surface area contributed by atoms with Gasteiger partial charge in [0.2, 0.25) is 0 Å². The number of ether oxygens (including phenoxy) is 1. The second kappa shape index (κ2) is 5.67. The summed E-state index contributed by atoms with van der Waals surface area (Å²) in [6, 6.07) is 5.98. The summed E-state index contributed by atoms with van der Waals surface area (Å²) < 4.78 is 5.47. The van der Waals surface area contributed by atoms with Gasteiger partial charge in [-0.15, -0.1) is 0 Å². The summed E-state index contributed by atoms with van der Waals surface area (Å²) in [4.78, 5) is 19.1. The Morgan fingerprint density at radius 3 is 2.68 bits per heavy atom. The van der Waals surface area contributed by atoms with E-state index < -0.39 is 0 Å². The minimum Gasteiger partial charge on any atom is -0.378 e. The molecule has 0 saturated carbocycles. The molecule has 0 aliphatic rings. The molecule has 0 saturated heterocycles. The fourth-order valence-electron chi connectivity index (χ4n) is 1.76. The van der Waals surface area contributed by atoms with Crippen molar-refractivity contribution in [3.8, 4) is 11.4 Å². The van der Waals surface area contributed by atoms with Crippen molar-refractivity contribution in [2.75, 3.05) is 7.11 Å². The summed E-state index contributed by atoms with van der Waals surface area (Å²) in [6.07, 6.45) is 0. The van der Waals surface area contributed by atoms with Crippen LogP contribution >= 0.6 is 15.9 Å². The molecule has 2 aromatic rings. The summed E-state index contributed by atoms with van der Waals surface area (Å²) in [6.45, 7) is 4.38. The van der Waals surface area contributed by atoms with Crippen LogP contribution in [0.2, 0.25) is 0 Å². The third-order valence-corrected chi connectivity index (χ3v) is 3.81. The molecular weight excluding hydrogens is 308 g/mol. The smallest absolute Gasteiger partial charge is 0.265 e. The quantitative estimate of drug-likeness (QED) is 0.945. The average Bonchev–Trinajstić information content (AvgIpc) is 2.38.